The number of amides is 1. The van der Waals surface area contributed by atoms with Gasteiger partial charge in [0.05, 0.1) is 10.6 Å². The van der Waals surface area contributed by atoms with Crippen LogP contribution in [0.5, 0.6) is 0 Å². The number of carbonyl (C=O) groups is 2. The molecule has 1 saturated heterocycles. The molecule has 1 aliphatic rings. The maximum atomic E-state index is 12.4. The molecule has 2 rings (SSSR count). The summed E-state index contributed by atoms with van der Waals surface area (Å²) in [6.45, 7) is 4.30. The molecule has 0 bridgehead atoms. The number of aryl methyl sites for hydroxylation is 2. The largest absolute Gasteiger partial charge is 0.480 e. The molecule has 1 aromatic carbocycles. The number of nitrogens with zero attached hydrogens (tertiary/aromatic N) is 1. The molecule has 1 fully saturated rings. The van der Waals surface area contributed by atoms with Gasteiger partial charge in [0.1, 0.15) is 6.04 Å². The van der Waals surface area contributed by atoms with Crippen molar-refractivity contribution in [3.05, 3.63) is 33.8 Å². The van der Waals surface area contributed by atoms with Crippen molar-refractivity contribution in [2.45, 2.75) is 32.7 Å². The van der Waals surface area contributed by atoms with Gasteiger partial charge < -0.3 is 10.0 Å². The quantitative estimate of drug-likeness (QED) is 0.907. The Morgan fingerprint density at radius 2 is 1.95 bits per heavy atom. The van der Waals surface area contributed by atoms with Crippen molar-refractivity contribution in [2.24, 2.45) is 0 Å². The molecule has 0 saturated carbocycles. The van der Waals surface area contributed by atoms with Gasteiger partial charge in [0.15, 0.2) is 0 Å². The van der Waals surface area contributed by atoms with Crippen molar-refractivity contribution in [3.63, 3.8) is 0 Å². The summed E-state index contributed by atoms with van der Waals surface area (Å²) in [4.78, 5) is 25.0. The molecule has 4 nitrogen and oxygen atoms in total. The second kappa shape index (κ2) is 5.21. The third-order valence-electron chi connectivity index (χ3n) is 3.61. The van der Waals surface area contributed by atoms with Gasteiger partial charge in [-0.1, -0.05) is 11.6 Å². The fourth-order valence-corrected chi connectivity index (χ4v) is 2.67. The van der Waals surface area contributed by atoms with Crippen LogP contribution in [-0.4, -0.2) is 34.5 Å². The Morgan fingerprint density at radius 3 is 2.58 bits per heavy atom. The zero-order valence-electron chi connectivity index (χ0n) is 10.9. The fraction of sp³-hybridized carbons (Fsp3) is 0.429. The second-order valence-electron chi connectivity index (χ2n) is 4.91. The predicted octanol–water partition coefficient (Wildman–Crippen LogP) is 2.65. The molecule has 0 aromatic heterocycles. The van der Waals surface area contributed by atoms with E-state index in [1.165, 1.54) is 4.90 Å². The summed E-state index contributed by atoms with van der Waals surface area (Å²) in [6, 6.07) is 2.75. The van der Waals surface area contributed by atoms with Gasteiger partial charge in [-0.2, -0.15) is 0 Å². The van der Waals surface area contributed by atoms with E-state index in [2.05, 4.69) is 0 Å². The van der Waals surface area contributed by atoms with E-state index in [-0.39, 0.29) is 5.91 Å². The molecule has 1 atom stereocenters. The number of carboxylic acids is 1. The molecule has 0 aliphatic carbocycles. The first-order chi connectivity index (χ1) is 8.91. The molecule has 1 amide bonds. The highest BCUT2D eigenvalue weighted by Gasteiger charge is 2.35. The lowest BCUT2D eigenvalue weighted by Crippen LogP contribution is -2.40. The van der Waals surface area contributed by atoms with Crippen molar-refractivity contribution in [1.29, 1.82) is 0 Å². The van der Waals surface area contributed by atoms with Crippen LogP contribution in [-0.2, 0) is 4.79 Å². The fourth-order valence-electron chi connectivity index (χ4n) is 2.37. The van der Waals surface area contributed by atoms with Gasteiger partial charge >= 0.3 is 5.97 Å². The van der Waals surface area contributed by atoms with Crippen molar-refractivity contribution in [3.8, 4) is 0 Å². The minimum absolute atomic E-state index is 0.294. The Balaban J connectivity index is 2.34. The summed E-state index contributed by atoms with van der Waals surface area (Å²) in [5, 5.41) is 9.50. The Kier molecular flexibility index (Phi) is 3.80. The van der Waals surface area contributed by atoms with Crippen molar-refractivity contribution < 1.29 is 14.7 Å². The zero-order valence-corrected chi connectivity index (χ0v) is 11.7. The summed E-state index contributed by atoms with van der Waals surface area (Å²) in [6.07, 6.45) is 1.22. The number of benzene rings is 1. The molecule has 1 aliphatic heterocycles. The highest BCUT2D eigenvalue weighted by molar-refractivity contribution is 6.34. The number of halogens is 1. The van der Waals surface area contributed by atoms with E-state index in [1.807, 2.05) is 13.8 Å². The smallest absolute Gasteiger partial charge is 0.326 e. The predicted molar refractivity (Wildman–Crippen MR) is 72.6 cm³/mol. The molecule has 1 aromatic rings. The summed E-state index contributed by atoms with van der Waals surface area (Å²) >= 11 is 6.11. The lowest BCUT2D eigenvalue weighted by Gasteiger charge is -2.22. The summed E-state index contributed by atoms with van der Waals surface area (Å²) in [5.41, 5.74) is 2.37. The van der Waals surface area contributed by atoms with Crippen LogP contribution < -0.4 is 0 Å². The minimum Gasteiger partial charge on any atom is -0.480 e. The van der Waals surface area contributed by atoms with E-state index < -0.39 is 12.0 Å². The lowest BCUT2D eigenvalue weighted by atomic mass is 10.0. The van der Waals surface area contributed by atoms with E-state index in [0.717, 1.165) is 11.1 Å². The SMILES string of the molecule is Cc1cc(Cl)c(C(=O)N2CCC[C@H]2C(=O)O)cc1C. The van der Waals surface area contributed by atoms with E-state index >= 15 is 0 Å². The zero-order chi connectivity index (χ0) is 14.2. The number of hydrogen-bond acceptors (Lipinski definition) is 2. The third-order valence-corrected chi connectivity index (χ3v) is 3.93. The van der Waals surface area contributed by atoms with Crippen LogP contribution in [0.2, 0.25) is 5.02 Å². The molecule has 19 heavy (non-hydrogen) atoms. The van der Waals surface area contributed by atoms with Crippen LogP contribution in [0, 0.1) is 13.8 Å². The van der Waals surface area contributed by atoms with E-state index in [4.69, 9.17) is 16.7 Å². The normalized spacial score (nSPS) is 18.7. The summed E-state index contributed by atoms with van der Waals surface area (Å²) < 4.78 is 0. The Morgan fingerprint density at radius 1 is 1.32 bits per heavy atom. The molecule has 0 spiro atoms. The summed E-state index contributed by atoms with van der Waals surface area (Å²) in [7, 11) is 0. The average molecular weight is 282 g/mol. The average Bonchev–Trinajstić information content (AvgIpc) is 2.82. The monoisotopic (exact) mass is 281 g/mol. The van der Waals surface area contributed by atoms with Crippen LogP contribution in [0.3, 0.4) is 0 Å². The molecule has 0 radical (unpaired) electrons. The third kappa shape index (κ3) is 2.59. The topological polar surface area (TPSA) is 57.6 Å². The molecule has 5 heteroatoms. The number of likely N-dealkylation sites (tertiary alicyclic amines) is 1. The van der Waals surface area contributed by atoms with Crippen LogP contribution in [0.15, 0.2) is 12.1 Å². The van der Waals surface area contributed by atoms with Gasteiger partial charge in [0, 0.05) is 6.54 Å². The van der Waals surface area contributed by atoms with Gasteiger partial charge in [-0.15, -0.1) is 0 Å². The molecule has 1 heterocycles. The van der Waals surface area contributed by atoms with E-state index in [0.29, 0.717) is 30.0 Å². The van der Waals surface area contributed by atoms with Crippen LogP contribution in [0.4, 0.5) is 0 Å². The number of hydrogen-bond donors (Lipinski definition) is 1. The Labute approximate surface area is 117 Å². The number of rotatable bonds is 2. The van der Waals surface area contributed by atoms with Gasteiger partial charge in [-0.05, 0) is 49.9 Å². The first-order valence-corrected chi connectivity index (χ1v) is 6.60. The maximum absolute atomic E-state index is 12.4. The van der Waals surface area contributed by atoms with Crippen molar-refractivity contribution in [2.75, 3.05) is 6.54 Å². The Hall–Kier alpha value is -1.55. The number of carbonyl (C=O) groups excluding carboxylic acids is 1. The standard InChI is InChI=1S/C14H16ClNO3/c1-8-6-10(11(15)7-9(8)2)13(17)16-5-3-4-12(16)14(18)19/h6-7,12H,3-5H2,1-2H3,(H,18,19)/t12-/m0/s1. The molecular formula is C14H16ClNO3. The minimum atomic E-state index is -0.953. The van der Waals surface area contributed by atoms with Crippen molar-refractivity contribution in [1.82, 2.24) is 4.90 Å². The molecule has 1 N–H and O–H groups in total. The summed E-state index contributed by atoms with van der Waals surface area (Å²) in [5.74, 6) is -1.25. The van der Waals surface area contributed by atoms with Crippen LogP contribution >= 0.6 is 11.6 Å². The number of aliphatic carboxylic acids is 1. The van der Waals surface area contributed by atoms with Gasteiger partial charge in [-0.25, -0.2) is 4.79 Å². The molecular weight excluding hydrogens is 266 g/mol. The Bertz CT molecular complexity index is 542. The second-order valence-corrected chi connectivity index (χ2v) is 5.32. The first-order valence-electron chi connectivity index (χ1n) is 6.22. The van der Waals surface area contributed by atoms with Gasteiger partial charge in [0.2, 0.25) is 0 Å². The van der Waals surface area contributed by atoms with Crippen molar-refractivity contribution >= 4 is 23.5 Å². The van der Waals surface area contributed by atoms with E-state index in [9.17, 15) is 9.59 Å². The van der Waals surface area contributed by atoms with Gasteiger partial charge in [-0.3, -0.25) is 4.79 Å². The van der Waals surface area contributed by atoms with E-state index in [1.54, 1.807) is 12.1 Å². The van der Waals surface area contributed by atoms with Gasteiger partial charge in [0.25, 0.3) is 5.91 Å². The molecule has 102 valence electrons. The molecule has 0 unspecified atom stereocenters. The number of carboxylic acid groups (broad SMARTS) is 1. The van der Waals surface area contributed by atoms with Crippen LogP contribution in [0.1, 0.15) is 34.3 Å². The highest BCUT2D eigenvalue weighted by Crippen LogP contribution is 2.26. The van der Waals surface area contributed by atoms with Crippen LogP contribution in [0.25, 0.3) is 0 Å². The lowest BCUT2D eigenvalue weighted by molar-refractivity contribution is -0.141. The maximum Gasteiger partial charge on any atom is 0.326 e. The highest BCUT2D eigenvalue weighted by atomic mass is 35.5. The first kappa shape index (κ1) is 13.9.